The Balaban J connectivity index is 2.36. The van der Waals surface area contributed by atoms with Gasteiger partial charge in [-0.15, -0.1) is 0 Å². The minimum absolute atomic E-state index is 0.000648. The second-order valence-electron chi connectivity index (χ2n) is 5.66. The van der Waals surface area contributed by atoms with E-state index in [1.54, 1.807) is 11.9 Å². The summed E-state index contributed by atoms with van der Waals surface area (Å²) >= 11 is 0. The molecule has 3 heterocycles. The van der Waals surface area contributed by atoms with Crippen molar-refractivity contribution in [1.82, 2.24) is 9.13 Å². The fraction of sp³-hybridized carbons (Fsp3) is 0.571. The number of fused-ring (bicyclic) bond motifs is 3. The number of aromatic nitrogens is 2. The first kappa shape index (κ1) is 14.4. The number of nitrogens with zero attached hydrogens (tertiary/aromatic N) is 5. The standard InChI is InChI=1S/C14H15N5O3/c1-17-11-9(12(20)18(2)13(17)21)5-14(7-15,8-16)10-6-22-4-3-19(10)11/h10H,3-6H2,1-2H3. The monoisotopic (exact) mass is 301 g/mol. The molecule has 0 radical (unpaired) electrons. The van der Waals surface area contributed by atoms with Crippen LogP contribution in [0, 0.1) is 28.1 Å². The van der Waals surface area contributed by atoms with Gasteiger partial charge in [0.1, 0.15) is 5.82 Å². The lowest BCUT2D eigenvalue weighted by Gasteiger charge is -2.47. The average molecular weight is 301 g/mol. The summed E-state index contributed by atoms with van der Waals surface area (Å²) in [6.07, 6.45) is 0.000648. The van der Waals surface area contributed by atoms with Crippen LogP contribution < -0.4 is 16.1 Å². The number of anilines is 1. The summed E-state index contributed by atoms with van der Waals surface area (Å²) < 4.78 is 7.85. The Labute approximate surface area is 126 Å². The van der Waals surface area contributed by atoms with E-state index in [9.17, 15) is 20.1 Å². The molecule has 0 aromatic carbocycles. The summed E-state index contributed by atoms with van der Waals surface area (Å²) in [5.74, 6) is 0.502. The number of hydrogen-bond donors (Lipinski definition) is 0. The van der Waals surface area contributed by atoms with E-state index in [-0.39, 0.29) is 13.0 Å². The van der Waals surface area contributed by atoms with Crippen LogP contribution in [0.3, 0.4) is 0 Å². The van der Waals surface area contributed by atoms with Gasteiger partial charge in [0.25, 0.3) is 5.56 Å². The molecule has 1 atom stereocenters. The van der Waals surface area contributed by atoms with Crippen molar-refractivity contribution in [1.29, 1.82) is 10.5 Å². The minimum Gasteiger partial charge on any atom is -0.377 e. The molecule has 2 aliphatic heterocycles. The smallest absolute Gasteiger partial charge is 0.332 e. The van der Waals surface area contributed by atoms with Crippen molar-refractivity contribution < 1.29 is 4.74 Å². The fourth-order valence-electron chi connectivity index (χ4n) is 3.34. The van der Waals surface area contributed by atoms with E-state index >= 15 is 0 Å². The molecule has 0 spiro atoms. The van der Waals surface area contributed by atoms with Crippen LogP contribution in [0.5, 0.6) is 0 Å². The van der Waals surface area contributed by atoms with Crippen molar-refractivity contribution in [3.8, 4) is 12.1 Å². The molecule has 8 heteroatoms. The van der Waals surface area contributed by atoms with E-state index in [1.807, 2.05) is 0 Å². The quantitative estimate of drug-likeness (QED) is 0.601. The molecule has 1 unspecified atom stereocenters. The lowest BCUT2D eigenvalue weighted by atomic mass is 9.74. The molecule has 0 N–H and O–H groups in total. The fourth-order valence-corrected chi connectivity index (χ4v) is 3.34. The number of morpholine rings is 1. The van der Waals surface area contributed by atoms with Crippen molar-refractivity contribution in [2.75, 3.05) is 24.7 Å². The predicted molar refractivity (Wildman–Crippen MR) is 76.2 cm³/mol. The first-order valence-electron chi connectivity index (χ1n) is 6.92. The molecule has 0 saturated carbocycles. The number of rotatable bonds is 0. The first-order valence-corrected chi connectivity index (χ1v) is 6.92. The summed E-state index contributed by atoms with van der Waals surface area (Å²) in [5.41, 5.74) is -1.88. The van der Waals surface area contributed by atoms with Crippen molar-refractivity contribution >= 4 is 5.82 Å². The Bertz CT molecular complexity index is 824. The molecule has 1 fully saturated rings. The highest BCUT2D eigenvalue weighted by Gasteiger charge is 2.51. The van der Waals surface area contributed by atoms with Gasteiger partial charge in [-0.2, -0.15) is 10.5 Å². The average Bonchev–Trinajstić information content (AvgIpc) is 2.56. The molecule has 1 aromatic heterocycles. The summed E-state index contributed by atoms with van der Waals surface area (Å²) in [7, 11) is 3.00. The minimum atomic E-state index is -1.35. The van der Waals surface area contributed by atoms with Gasteiger partial charge in [-0.05, 0) is 0 Å². The molecule has 114 valence electrons. The molecule has 3 rings (SSSR count). The maximum atomic E-state index is 12.5. The first-order chi connectivity index (χ1) is 10.5. The number of hydrogen-bond acceptors (Lipinski definition) is 6. The highest BCUT2D eigenvalue weighted by molar-refractivity contribution is 5.55. The second kappa shape index (κ2) is 4.72. The maximum Gasteiger partial charge on any atom is 0.332 e. The third kappa shape index (κ3) is 1.65. The molecule has 1 saturated heterocycles. The van der Waals surface area contributed by atoms with E-state index in [4.69, 9.17) is 4.74 Å². The van der Waals surface area contributed by atoms with Gasteiger partial charge in [0.2, 0.25) is 0 Å². The summed E-state index contributed by atoms with van der Waals surface area (Å²) in [6, 6.07) is 3.65. The Morgan fingerprint density at radius 1 is 1.23 bits per heavy atom. The Kier molecular flexibility index (Phi) is 3.08. The molecule has 0 bridgehead atoms. The summed E-state index contributed by atoms with van der Waals surface area (Å²) in [6.45, 7) is 1.08. The third-order valence-corrected chi connectivity index (χ3v) is 4.55. The van der Waals surface area contributed by atoms with Gasteiger partial charge in [-0.25, -0.2) is 4.79 Å². The van der Waals surface area contributed by atoms with Gasteiger partial charge in [-0.1, -0.05) is 0 Å². The van der Waals surface area contributed by atoms with E-state index in [1.165, 1.54) is 11.6 Å². The third-order valence-electron chi connectivity index (χ3n) is 4.55. The van der Waals surface area contributed by atoms with E-state index in [2.05, 4.69) is 12.1 Å². The van der Waals surface area contributed by atoms with Crippen molar-refractivity contribution in [2.24, 2.45) is 19.5 Å². The van der Waals surface area contributed by atoms with Crippen LogP contribution in [0.15, 0.2) is 9.59 Å². The zero-order chi connectivity index (χ0) is 16.1. The van der Waals surface area contributed by atoms with Crippen LogP contribution >= 0.6 is 0 Å². The zero-order valence-corrected chi connectivity index (χ0v) is 12.4. The second-order valence-corrected chi connectivity index (χ2v) is 5.66. The molecular weight excluding hydrogens is 286 g/mol. The highest BCUT2D eigenvalue weighted by Crippen LogP contribution is 2.40. The van der Waals surface area contributed by atoms with Gasteiger partial charge in [0.15, 0.2) is 5.41 Å². The molecule has 8 nitrogen and oxygen atoms in total. The van der Waals surface area contributed by atoms with E-state index in [0.717, 1.165) is 4.57 Å². The van der Waals surface area contributed by atoms with Gasteiger partial charge in [0.05, 0.1) is 37.0 Å². The van der Waals surface area contributed by atoms with Gasteiger partial charge >= 0.3 is 5.69 Å². The van der Waals surface area contributed by atoms with Crippen molar-refractivity contribution in [2.45, 2.75) is 12.5 Å². The van der Waals surface area contributed by atoms with Crippen LogP contribution in [0.4, 0.5) is 5.82 Å². The highest BCUT2D eigenvalue weighted by atomic mass is 16.5. The van der Waals surface area contributed by atoms with Crippen molar-refractivity contribution in [3.05, 3.63) is 26.4 Å². The topological polar surface area (TPSA) is 104 Å². The molecule has 2 aliphatic rings. The van der Waals surface area contributed by atoms with E-state index < -0.39 is 22.7 Å². The number of nitriles is 2. The Hall–Kier alpha value is -2.58. The van der Waals surface area contributed by atoms with Crippen LogP contribution in [0.1, 0.15) is 5.56 Å². The van der Waals surface area contributed by atoms with Crippen LogP contribution in [-0.4, -0.2) is 34.9 Å². The number of ether oxygens (including phenoxy) is 1. The molecule has 1 aromatic rings. The molecule has 22 heavy (non-hydrogen) atoms. The Morgan fingerprint density at radius 2 is 1.91 bits per heavy atom. The van der Waals surface area contributed by atoms with Gasteiger partial charge < -0.3 is 9.64 Å². The van der Waals surface area contributed by atoms with E-state index in [0.29, 0.717) is 24.5 Å². The van der Waals surface area contributed by atoms with Crippen LogP contribution in [0.2, 0.25) is 0 Å². The van der Waals surface area contributed by atoms with Crippen LogP contribution in [0.25, 0.3) is 0 Å². The lowest BCUT2D eigenvalue weighted by Crippen LogP contribution is -2.61. The molecule has 0 amide bonds. The van der Waals surface area contributed by atoms with Gasteiger partial charge in [-0.3, -0.25) is 13.9 Å². The normalized spacial score (nSPS) is 22.2. The maximum absolute atomic E-state index is 12.5. The van der Waals surface area contributed by atoms with Gasteiger partial charge in [0, 0.05) is 27.1 Å². The SMILES string of the molecule is Cn1c2c(c(=O)n(C)c1=O)CC(C#N)(C#N)C1COCCN21. The van der Waals surface area contributed by atoms with Crippen molar-refractivity contribution in [3.63, 3.8) is 0 Å². The predicted octanol–water partition coefficient (Wildman–Crippen LogP) is -1.12. The lowest BCUT2D eigenvalue weighted by molar-refractivity contribution is 0.0667. The molecular formula is C14H15N5O3. The summed E-state index contributed by atoms with van der Waals surface area (Å²) in [4.78, 5) is 26.4. The largest absolute Gasteiger partial charge is 0.377 e. The zero-order valence-electron chi connectivity index (χ0n) is 12.4. The summed E-state index contributed by atoms with van der Waals surface area (Å²) in [5, 5.41) is 19.1. The van der Waals surface area contributed by atoms with Crippen LogP contribution in [-0.2, 0) is 25.3 Å². The Morgan fingerprint density at radius 3 is 2.55 bits per heavy atom. The molecule has 0 aliphatic carbocycles.